The molecule has 0 aliphatic rings. The van der Waals surface area contributed by atoms with Gasteiger partial charge in [0.2, 0.25) is 0 Å². The molecule has 0 amide bonds. The maximum Gasteiger partial charge on any atom is 0.269 e. The lowest BCUT2D eigenvalue weighted by Crippen LogP contribution is -1.92. The predicted octanol–water partition coefficient (Wildman–Crippen LogP) is 3.41. The number of rotatable bonds is 3. The van der Waals surface area contributed by atoms with Crippen molar-refractivity contribution < 1.29 is 14.1 Å². The average molecular weight is 247 g/mol. The van der Waals surface area contributed by atoms with E-state index in [2.05, 4.69) is 0 Å². The Morgan fingerprint density at radius 2 is 1.83 bits per heavy atom. The summed E-state index contributed by atoms with van der Waals surface area (Å²) in [5.74, 6) is -0.334. The Kier molecular flexibility index (Phi) is 3.23. The molecule has 0 fully saturated rings. The number of nitrogens with zero attached hydrogens (tertiary/aromatic N) is 1. The molecule has 18 heavy (non-hydrogen) atoms. The zero-order valence-electron chi connectivity index (χ0n) is 9.59. The van der Waals surface area contributed by atoms with E-state index in [-0.39, 0.29) is 11.4 Å². The van der Waals surface area contributed by atoms with Crippen LogP contribution < -0.4 is 4.74 Å². The molecule has 0 atom stereocenters. The van der Waals surface area contributed by atoms with E-state index in [4.69, 9.17) is 4.74 Å². The first-order valence-corrected chi connectivity index (χ1v) is 5.21. The number of nitro benzene ring substituents is 1. The fourth-order valence-electron chi connectivity index (χ4n) is 1.65. The molecule has 0 unspecified atom stereocenters. The van der Waals surface area contributed by atoms with Crippen LogP contribution in [0.4, 0.5) is 10.1 Å². The lowest BCUT2D eigenvalue weighted by atomic mass is 10.0. The van der Waals surface area contributed by atoms with Crippen LogP contribution in [-0.2, 0) is 0 Å². The van der Waals surface area contributed by atoms with E-state index in [0.717, 1.165) is 0 Å². The molecule has 5 heteroatoms. The highest BCUT2D eigenvalue weighted by Gasteiger charge is 2.11. The molecule has 0 radical (unpaired) electrons. The highest BCUT2D eigenvalue weighted by Crippen LogP contribution is 2.29. The van der Waals surface area contributed by atoms with Gasteiger partial charge in [-0.25, -0.2) is 4.39 Å². The molecule has 2 rings (SSSR count). The number of halogens is 1. The van der Waals surface area contributed by atoms with Crippen molar-refractivity contribution in [2.75, 3.05) is 7.11 Å². The van der Waals surface area contributed by atoms with E-state index >= 15 is 0 Å². The van der Waals surface area contributed by atoms with E-state index in [1.54, 1.807) is 12.1 Å². The van der Waals surface area contributed by atoms with E-state index in [9.17, 15) is 14.5 Å². The van der Waals surface area contributed by atoms with Crippen molar-refractivity contribution in [2.24, 2.45) is 0 Å². The Hall–Kier alpha value is -2.43. The summed E-state index contributed by atoms with van der Waals surface area (Å²) in [7, 11) is 1.39. The number of non-ortho nitro benzene ring substituents is 1. The fraction of sp³-hybridized carbons (Fsp3) is 0.0769. The van der Waals surface area contributed by atoms with Gasteiger partial charge in [0, 0.05) is 17.7 Å². The first-order chi connectivity index (χ1) is 8.63. The van der Waals surface area contributed by atoms with Gasteiger partial charge in [-0.2, -0.15) is 0 Å². The van der Waals surface area contributed by atoms with Gasteiger partial charge in [-0.05, 0) is 23.8 Å². The molecule has 0 bridgehead atoms. The molecule has 0 spiro atoms. The Bertz CT molecular complexity index is 581. The maximum absolute atomic E-state index is 14.0. The van der Waals surface area contributed by atoms with Gasteiger partial charge in [-0.1, -0.05) is 12.1 Å². The molecule has 92 valence electrons. The van der Waals surface area contributed by atoms with Crippen molar-refractivity contribution in [3.63, 3.8) is 0 Å². The predicted molar refractivity (Wildman–Crippen MR) is 65.0 cm³/mol. The van der Waals surface area contributed by atoms with Crippen LogP contribution in [0, 0.1) is 15.9 Å². The first-order valence-electron chi connectivity index (χ1n) is 5.21. The molecule has 2 aromatic carbocycles. The summed E-state index contributed by atoms with van der Waals surface area (Å²) < 4.78 is 18.8. The van der Waals surface area contributed by atoms with Gasteiger partial charge in [-0.3, -0.25) is 10.1 Å². The Morgan fingerprint density at radius 3 is 2.39 bits per heavy atom. The third-order valence-electron chi connectivity index (χ3n) is 2.57. The summed E-state index contributed by atoms with van der Waals surface area (Å²) in [6, 6.07) is 10.5. The number of methoxy groups -OCH3 is 1. The van der Waals surface area contributed by atoms with Gasteiger partial charge in [-0.15, -0.1) is 0 Å². The molecule has 4 nitrogen and oxygen atoms in total. The van der Waals surface area contributed by atoms with Crippen molar-refractivity contribution in [1.29, 1.82) is 0 Å². The van der Waals surface area contributed by atoms with Crippen LogP contribution in [0.15, 0.2) is 42.5 Å². The van der Waals surface area contributed by atoms with E-state index in [1.165, 1.54) is 37.4 Å². The zero-order chi connectivity index (χ0) is 13.1. The summed E-state index contributed by atoms with van der Waals surface area (Å²) in [5.41, 5.74) is 0.892. The molecule has 0 aromatic heterocycles. The van der Waals surface area contributed by atoms with Crippen molar-refractivity contribution >= 4 is 5.69 Å². The number of hydrogen-bond donors (Lipinski definition) is 0. The van der Waals surface area contributed by atoms with Crippen LogP contribution >= 0.6 is 0 Å². The second kappa shape index (κ2) is 4.83. The lowest BCUT2D eigenvalue weighted by molar-refractivity contribution is -0.384. The lowest BCUT2D eigenvalue weighted by Gasteiger charge is -2.07. The normalized spacial score (nSPS) is 10.1. The van der Waals surface area contributed by atoms with Gasteiger partial charge in [0.1, 0.15) is 0 Å². The largest absolute Gasteiger partial charge is 0.494 e. The highest BCUT2D eigenvalue weighted by molar-refractivity contribution is 5.67. The monoisotopic (exact) mass is 247 g/mol. The first kappa shape index (κ1) is 12.0. The maximum atomic E-state index is 14.0. The van der Waals surface area contributed by atoms with E-state index in [0.29, 0.717) is 11.1 Å². The molecule has 0 aliphatic carbocycles. The molecule has 0 saturated heterocycles. The van der Waals surface area contributed by atoms with Gasteiger partial charge in [0.15, 0.2) is 11.6 Å². The zero-order valence-corrected chi connectivity index (χ0v) is 9.59. The van der Waals surface area contributed by atoms with Crippen molar-refractivity contribution in [1.82, 2.24) is 0 Å². The SMILES string of the molecule is COc1cccc(-c2ccc([N+](=O)[O-])cc2)c1F. The highest BCUT2D eigenvalue weighted by atomic mass is 19.1. The quantitative estimate of drug-likeness (QED) is 0.617. The minimum absolute atomic E-state index is 0.0259. The van der Waals surface area contributed by atoms with Crippen LogP contribution in [0.2, 0.25) is 0 Å². The van der Waals surface area contributed by atoms with Gasteiger partial charge < -0.3 is 4.74 Å². The standard InChI is InChI=1S/C13H10FNO3/c1-18-12-4-2-3-11(13(12)14)9-5-7-10(8-6-9)15(16)17/h2-8H,1H3. The van der Waals surface area contributed by atoms with Gasteiger partial charge in [0.25, 0.3) is 5.69 Å². The second-order valence-electron chi connectivity index (χ2n) is 3.63. The van der Waals surface area contributed by atoms with E-state index in [1.807, 2.05) is 0 Å². The average Bonchev–Trinajstić information content (AvgIpc) is 2.39. The number of hydrogen-bond acceptors (Lipinski definition) is 3. The van der Waals surface area contributed by atoms with Crippen LogP contribution in [-0.4, -0.2) is 12.0 Å². The second-order valence-corrected chi connectivity index (χ2v) is 3.63. The summed E-state index contributed by atoms with van der Waals surface area (Å²) in [5, 5.41) is 10.5. The third kappa shape index (κ3) is 2.15. The minimum atomic E-state index is -0.494. The summed E-state index contributed by atoms with van der Waals surface area (Å²) in [6.07, 6.45) is 0. The van der Waals surface area contributed by atoms with Crippen LogP contribution in [0.1, 0.15) is 0 Å². The number of nitro groups is 1. The molecule has 0 saturated carbocycles. The van der Waals surface area contributed by atoms with Crippen molar-refractivity contribution in [3.8, 4) is 16.9 Å². The Morgan fingerprint density at radius 1 is 1.17 bits per heavy atom. The van der Waals surface area contributed by atoms with E-state index < -0.39 is 10.7 Å². The molecule has 2 aromatic rings. The molecule has 0 N–H and O–H groups in total. The third-order valence-corrected chi connectivity index (χ3v) is 2.57. The molecular formula is C13H10FNO3. The van der Waals surface area contributed by atoms with Gasteiger partial charge >= 0.3 is 0 Å². The van der Waals surface area contributed by atoms with Crippen molar-refractivity contribution in [2.45, 2.75) is 0 Å². The summed E-state index contributed by atoms with van der Waals surface area (Å²) in [4.78, 5) is 10.0. The summed E-state index contributed by atoms with van der Waals surface area (Å²) in [6.45, 7) is 0. The van der Waals surface area contributed by atoms with Crippen LogP contribution in [0.3, 0.4) is 0 Å². The van der Waals surface area contributed by atoms with Crippen LogP contribution in [0.25, 0.3) is 11.1 Å². The fourth-order valence-corrected chi connectivity index (χ4v) is 1.65. The Labute approximate surface area is 103 Å². The number of ether oxygens (including phenoxy) is 1. The smallest absolute Gasteiger partial charge is 0.269 e. The molecule has 0 aliphatic heterocycles. The summed E-state index contributed by atoms with van der Waals surface area (Å²) >= 11 is 0. The van der Waals surface area contributed by atoms with Gasteiger partial charge in [0.05, 0.1) is 12.0 Å². The molecule has 0 heterocycles. The molecular weight excluding hydrogens is 237 g/mol. The minimum Gasteiger partial charge on any atom is -0.494 e. The topological polar surface area (TPSA) is 52.4 Å². The van der Waals surface area contributed by atoms with Crippen LogP contribution in [0.5, 0.6) is 5.75 Å². The number of benzene rings is 2. The van der Waals surface area contributed by atoms with Crippen molar-refractivity contribution in [3.05, 3.63) is 58.4 Å². The Balaban J connectivity index is 2.46.